The second-order valence-corrected chi connectivity index (χ2v) is 11.8. The van der Waals surface area contributed by atoms with Crippen LogP contribution < -0.4 is 15.1 Å². The molecule has 50 heavy (non-hydrogen) atoms. The van der Waals surface area contributed by atoms with Crippen molar-refractivity contribution in [3.05, 3.63) is 95.8 Å². The van der Waals surface area contributed by atoms with Crippen molar-refractivity contribution in [2.75, 3.05) is 44.2 Å². The summed E-state index contributed by atoms with van der Waals surface area (Å²) in [6, 6.07) is 14.9. The van der Waals surface area contributed by atoms with Gasteiger partial charge < -0.3 is 34.1 Å². The number of rotatable bonds is 11. The van der Waals surface area contributed by atoms with E-state index in [0.29, 0.717) is 18.7 Å². The molecule has 13 nitrogen and oxygen atoms in total. The number of aryl methyl sites for hydroxylation is 4. The zero-order chi connectivity index (χ0) is 35.9. The largest absolute Gasteiger partial charge is 0.478 e. The number of aromatic nitrogens is 6. The Morgan fingerprint density at radius 2 is 1.24 bits per heavy atom. The van der Waals surface area contributed by atoms with Crippen LogP contribution in [0.3, 0.4) is 0 Å². The van der Waals surface area contributed by atoms with Gasteiger partial charge in [-0.25, -0.2) is 24.7 Å². The molecule has 0 bridgehead atoms. The summed E-state index contributed by atoms with van der Waals surface area (Å²) in [6.45, 7) is 5.11. The topological polar surface area (TPSA) is 144 Å². The van der Waals surface area contributed by atoms with Crippen molar-refractivity contribution in [2.45, 2.75) is 26.7 Å². The molecule has 1 amide bonds. The Morgan fingerprint density at radius 1 is 0.760 bits per heavy atom. The van der Waals surface area contributed by atoms with E-state index in [0.717, 1.165) is 69.0 Å². The number of imidazole rings is 2. The number of carbonyl (C=O) groups is 2. The lowest BCUT2D eigenvalue weighted by Crippen LogP contribution is -2.27. The molecule has 6 rings (SSSR count). The van der Waals surface area contributed by atoms with Gasteiger partial charge in [0, 0.05) is 70.9 Å². The summed E-state index contributed by atoms with van der Waals surface area (Å²) in [4.78, 5) is 45.2. The van der Waals surface area contributed by atoms with Crippen molar-refractivity contribution in [3.63, 3.8) is 0 Å². The molecule has 0 aliphatic heterocycles. The Labute approximate surface area is 291 Å². The molecule has 2 N–H and O–H groups in total. The number of benzene rings is 2. The monoisotopic (exact) mass is 677 g/mol. The zero-order valence-electron chi connectivity index (χ0n) is 29.5. The third kappa shape index (κ3) is 7.57. The van der Waals surface area contributed by atoms with E-state index in [-0.39, 0.29) is 11.5 Å². The number of ether oxygens (including phenoxy) is 1. The minimum Gasteiger partial charge on any atom is -0.478 e. The zero-order valence-corrected chi connectivity index (χ0v) is 29.5. The first kappa shape index (κ1) is 35.5. The molecule has 0 saturated heterocycles. The Balaban J connectivity index is 0.000000197. The van der Waals surface area contributed by atoms with E-state index in [9.17, 15) is 14.7 Å². The summed E-state index contributed by atoms with van der Waals surface area (Å²) >= 11 is 0. The molecule has 4 heterocycles. The number of pyridine rings is 2. The predicted octanol–water partition coefficient (Wildman–Crippen LogP) is 5.67. The Hall–Kier alpha value is -5.82. The minimum absolute atomic E-state index is 0.112. The van der Waals surface area contributed by atoms with Crippen molar-refractivity contribution in [1.29, 1.82) is 0 Å². The van der Waals surface area contributed by atoms with Gasteiger partial charge in [-0.05, 0) is 48.2 Å². The van der Waals surface area contributed by atoms with Gasteiger partial charge in [0.15, 0.2) is 0 Å². The van der Waals surface area contributed by atoms with Crippen LogP contribution in [0.25, 0.3) is 22.1 Å². The number of anilines is 4. The lowest BCUT2D eigenvalue weighted by Gasteiger charge is -2.22. The summed E-state index contributed by atoms with van der Waals surface area (Å²) in [5.41, 5.74) is 8.61. The number of methoxy groups -OCH3 is 1. The molecule has 0 fully saturated rings. The lowest BCUT2D eigenvalue weighted by atomic mass is 10.1. The van der Waals surface area contributed by atoms with E-state index < -0.39 is 5.97 Å². The van der Waals surface area contributed by atoms with Crippen molar-refractivity contribution >= 4 is 57.0 Å². The first-order valence-corrected chi connectivity index (χ1v) is 16.3. The van der Waals surface area contributed by atoms with Crippen molar-refractivity contribution in [2.24, 2.45) is 14.1 Å². The maximum absolute atomic E-state index is 12.4. The number of nitrogens with one attached hydrogen (secondary N) is 1. The maximum Gasteiger partial charge on any atom is 0.335 e. The van der Waals surface area contributed by atoms with Crippen LogP contribution in [-0.4, -0.2) is 80.4 Å². The van der Waals surface area contributed by atoms with E-state index in [1.807, 2.05) is 90.4 Å². The molecule has 0 atom stereocenters. The van der Waals surface area contributed by atoms with E-state index in [1.165, 1.54) is 0 Å². The van der Waals surface area contributed by atoms with Gasteiger partial charge in [-0.15, -0.1) is 0 Å². The van der Waals surface area contributed by atoms with Gasteiger partial charge in [-0.3, -0.25) is 4.79 Å². The van der Waals surface area contributed by atoms with Crippen molar-refractivity contribution in [3.8, 4) is 0 Å². The first-order valence-electron chi connectivity index (χ1n) is 16.3. The van der Waals surface area contributed by atoms with Gasteiger partial charge in [0.2, 0.25) is 0 Å². The number of fused-ring (bicyclic) bond motifs is 2. The van der Waals surface area contributed by atoms with Gasteiger partial charge in [0.25, 0.3) is 5.91 Å². The Bertz CT molecular complexity index is 2140. The quantitative estimate of drug-likeness (QED) is 0.165. The third-order valence-corrected chi connectivity index (χ3v) is 8.64. The highest BCUT2D eigenvalue weighted by molar-refractivity contribution is 5.96. The molecule has 0 spiro atoms. The summed E-state index contributed by atoms with van der Waals surface area (Å²) in [7, 11) is 9.36. The second-order valence-electron chi connectivity index (χ2n) is 11.8. The number of amides is 1. The normalized spacial score (nSPS) is 10.9. The summed E-state index contributed by atoms with van der Waals surface area (Å²) in [5, 5.41) is 12.1. The highest BCUT2D eigenvalue weighted by Gasteiger charge is 2.16. The summed E-state index contributed by atoms with van der Waals surface area (Å²) < 4.78 is 8.88. The van der Waals surface area contributed by atoms with Gasteiger partial charge >= 0.3 is 5.97 Å². The van der Waals surface area contributed by atoms with Crippen LogP contribution in [0.15, 0.2) is 73.6 Å². The van der Waals surface area contributed by atoms with Gasteiger partial charge in [-0.1, -0.05) is 26.0 Å². The third-order valence-electron chi connectivity index (χ3n) is 8.64. The number of aromatic carboxylic acids is 1. The number of nitrogens with zero attached hydrogens (tertiary/aromatic N) is 8. The van der Waals surface area contributed by atoms with Gasteiger partial charge in [-0.2, -0.15) is 0 Å². The Morgan fingerprint density at radius 3 is 1.70 bits per heavy atom. The average Bonchev–Trinajstić information content (AvgIpc) is 3.71. The maximum atomic E-state index is 12.4. The van der Waals surface area contributed by atoms with Crippen LogP contribution in [0.2, 0.25) is 0 Å². The fraction of sp³-hybridized carbons (Fsp3) is 0.297. The Kier molecular flexibility index (Phi) is 11.1. The molecule has 4 aromatic heterocycles. The van der Waals surface area contributed by atoms with E-state index in [4.69, 9.17) is 4.74 Å². The van der Waals surface area contributed by atoms with Crippen LogP contribution in [0.1, 0.15) is 45.7 Å². The molecule has 13 heteroatoms. The molecule has 0 aliphatic carbocycles. The van der Waals surface area contributed by atoms with Crippen LogP contribution in [0.4, 0.5) is 23.0 Å². The van der Waals surface area contributed by atoms with Crippen molar-refractivity contribution < 1.29 is 19.4 Å². The van der Waals surface area contributed by atoms with Crippen LogP contribution >= 0.6 is 0 Å². The molecule has 0 saturated carbocycles. The fourth-order valence-electron chi connectivity index (χ4n) is 5.65. The molecule has 2 aromatic carbocycles. The number of hydrogen-bond donors (Lipinski definition) is 2. The first-order chi connectivity index (χ1) is 24.1. The molecule has 260 valence electrons. The molecule has 6 aromatic rings. The summed E-state index contributed by atoms with van der Waals surface area (Å²) in [6.07, 6.45) is 8.70. The second kappa shape index (κ2) is 15.6. The van der Waals surface area contributed by atoms with Gasteiger partial charge in [0.1, 0.15) is 22.7 Å². The number of carboxylic acids is 1. The molecular weight excluding hydrogens is 634 g/mol. The molecule has 0 radical (unpaired) electrons. The number of carbonyl (C=O) groups excluding carboxylic acids is 1. The molecular formula is C37H43N9O4. The van der Waals surface area contributed by atoms with E-state index in [1.54, 1.807) is 44.3 Å². The van der Waals surface area contributed by atoms with Crippen LogP contribution in [-0.2, 0) is 31.7 Å². The number of carboxylic acid groups (broad SMARTS) is 1. The van der Waals surface area contributed by atoms with E-state index in [2.05, 4.69) is 32.2 Å². The molecule has 0 aliphatic rings. The minimum atomic E-state index is -0.933. The van der Waals surface area contributed by atoms with Crippen LogP contribution in [0.5, 0.6) is 0 Å². The van der Waals surface area contributed by atoms with E-state index >= 15 is 0 Å². The highest BCUT2D eigenvalue weighted by Crippen LogP contribution is 2.30. The standard InChI is InChI=1S/C20H25N5O2.C17H18N4O2/c1-5-14-6-7-15(20(26)21-8-9-27-4)10-17(14)25(3)19-11-18-16(12-22-19)23-13-24(18)2;1-4-11-5-6-12(17(22)23)7-14(11)21(3)16-8-15-13(9-18-16)19-10-20(15)2/h6-7,10-13H,5,8-9H2,1-4H3,(H,21,26);5-10H,4H2,1-3H3,(H,22,23). The SMILES string of the molecule is CCc1ccc(C(=O)NCCOC)cc1N(C)c1cc2c(cn1)ncn2C.CCc1ccc(C(=O)O)cc1N(C)c1cc2c(cn1)ncn2C. The highest BCUT2D eigenvalue weighted by atomic mass is 16.5. The predicted molar refractivity (Wildman–Crippen MR) is 196 cm³/mol. The number of hydrogen-bond acceptors (Lipinski definition) is 9. The van der Waals surface area contributed by atoms with Gasteiger partial charge in [0.05, 0.1) is 48.3 Å². The van der Waals surface area contributed by atoms with Crippen LogP contribution in [0, 0.1) is 0 Å². The van der Waals surface area contributed by atoms with Crippen molar-refractivity contribution in [1.82, 2.24) is 34.4 Å². The smallest absolute Gasteiger partial charge is 0.335 e. The lowest BCUT2D eigenvalue weighted by molar-refractivity contribution is 0.0696. The average molecular weight is 678 g/mol. The summed E-state index contributed by atoms with van der Waals surface area (Å²) in [5.74, 6) is 0.507. The fourth-order valence-corrected chi connectivity index (χ4v) is 5.65. The molecule has 0 unspecified atom stereocenters.